The van der Waals surface area contributed by atoms with Crippen LogP contribution in [-0.2, 0) is 0 Å². The highest BCUT2D eigenvalue weighted by Crippen LogP contribution is 2.52. The van der Waals surface area contributed by atoms with Crippen LogP contribution in [0.2, 0.25) is 0 Å². The molecule has 0 amide bonds. The van der Waals surface area contributed by atoms with E-state index >= 15 is 0 Å². The average molecular weight is 174 g/mol. The van der Waals surface area contributed by atoms with Gasteiger partial charge in [0.05, 0.1) is 6.26 Å². The molecule has 1 aromatic rings. The van der Waals surface area contributed by atoms with Crippen molar-refractivity contribution in [1.29, 1.82) is 0 Å². The van der Waals surface area contributed by atoms with E-state index in [1.165, 1.54) is 17.6 Å². The lowest BCUT2D eigenvalue weighted by molar-refractivity contribution is 0.200. The molecule has 3 aliphatic carbocycles. The fraction of sp³-hybridized carbons (Fsp3) is 0.500. The van der Waals surface area contributed by atoms with E-state index in [0.717, 1.165) is 23.5 Å². The molecule has 1 nitrogen and oxygen atoms in total. The molecule has 1 fully saturated rings. The van der Waals surface area contributed by atoms with Gasteiger partial charge < -0.3 is 4.42 Å². The lowest BCUT2D eigenvalue weighted by Crippen LogP contribution is -2.30. The Bertz CT molecular complexity index is 372. The van der Waals surface area contributed by atoms with E-state index in [4.69, 9.17) is 4.42 Å². The highest BCUT2D eigenvalue weighted by molar-refractivity contribution is 5.65. The minimum atomic E-state index is 0.757. The third-order valence-corrected chi connectivity index (χ3v) is 3.75. The van der Waals surface area contributed by atoms with Crippen LogP contribution < -0.4 is 0 Å². The Hall–Kier alpha value is -0.980. The maximum absolute atomic E-state index is 5.53. The Balaban J connectivity index is 2.19. The molecule has 0 radical (unpaired) electrons. The summed E-state index contributed by atoms with van der Waals surface area (Å²) in [5.74, 6) is 3.51. The fourth-order valence-corrected chi connectivity index (χ4v) is 2.78. The Labute approximate surface area is 78.4 Å². The summed E-state index contributed by atoms with van der Waals surface area (Å²) in [6, 6.07) is 2.15. The summed E-state index contributed by atoms with van der Waals surface area (Å²) >= 11 is 0. The van der Waals surface area contributed by atoms with Gasteiger partial charge in [-0.1, -0.05) is 13.0 Å². The van der Waals surface area contributed by atoms with Gasteiger partial charge in [-0.25, -0.2) is 0 Å². The van der Waals surface area contributed by atoms with Crippen LogP contribution in [0.15, 0.2) is 22.8 Å². The monoisotopic (exact) mass is 174 g/mol. The van der Waals surface area contributed by atoms with Gasteiger partial charge in [-0.3, -0.25) is 0 Å². The third-order valence-electron chi connectivity index (χ3n) is 3.75. The topological polar surface area (TPSA) is 13.1 Å². The molecule has 1 heterocycles. The molecule has 2 bridgehead atoms. The molecule has 0 spiro atoms. The Kier molecular flexibility index (Phi) is 1.30. The Morgan fingerprint density at radius 3 is 3.08 bits per heavy atom. The molecule has 0 aromatic carbocycles. The number of hydrogen-bond acceptors (Lipinski definition) is 1. The van der Waals surface area contributed by atoms with Gasteiger partial charge in [-0.05, 0) is 42.7 Å². The minimum Gasteiger partial charge on any atom is -0.464 e. The second kappa shape index (κ2) is 2.28. The quantitative estimate of drug-likeness (QED) is 0.587. The molecule has 0 N–H and O–H groups in total. The van der Waals surface area contributed by atoms with E-state index in [1.807, 2.05) is 6.26 Å². The zero-order valence-electron chi connectivity index (χ0n) is 8.08. The van der Waals surface area contributed by atoms with Crippen LogP contribution in [0.25, 0.3) is 5.57 Å². The lowest BCUT2D eigenvalue weighted by Gasteiger charge is -2.39. The van der Waals surface area contributed by atoms with Crippen molar-refractivity contribution in [2.75, 3.05) is 0 Å². The van der Waals surface area contributed by atoms with Gasteiger partial charge in [0, 0.05) is 5.56 Å². The van der Waals surface area contributed by atoms with Crippen LogP contribution in [0.4, 0.5) is 0 Å². The summed E-state index contributed by atoms with van der Waals surface area (Å²) in [5, 5.41) is 0. The predicted octanol–water partition coefficient (Wildman–Crippen LogP) is 3.44. The molecular formula is C12H14O. The van der Waals surface area contributed by atoms with E-state index in [1.54, 1.807) is 0 Å². The van der Waals surface area contributed by atoms with Crippen LogP contribution >= 0.6 is 0 Å². The highest BCUT2D eigenvalue weighted by Gasteiger charge is 2.41. The molecule has 3 atom stereocenters. The molecule has 1 saturated carbocycles. The van der Waals surface area contributed by atoms with Crippen molar-refractivity contribution in [2.45, 2.75) is 26.2 Å². The molecular weight excluding hydrogens is 160 g/mol. The standard InChI is InChI=1S/C12H14O/c1-7-5-9-6-11(8(9)2)10-3-4-13-12(7)10/h3-5,8-9,11H,6H2,1-2H3. The van der Waals surface area contributed by atoms with E-state index in [9.17, 15) is 0 Å². The first-order valence-corrected chi connectivity index (χ1v) is 5.03. The van der Waals surface area contributed by atoms with Gasteiger partial charge >= 0.3 is 0 Å². The van der Waals surface area contributed by atoms with E-state index in [2.05, 4.69) is 26.0 Å². The van der Waals surface area contributed by atoms with Crippen LogP contribution in [0.5, 0.6) is 0 Å². The van der Waals surface area contributed by atoms with Crippen molar-refractivity contribution in [1.82, 2.24) is 0 Å². The van der Waals surface area contributed by atoms with Crippen LogP contribution in [0, 0.1) is 11.8 Å². The van der Waals surface area contributed by atoms with E-state index < -0.39 is 0 Å². The highest BCUT2D eigenvalue weighted by atomic mass is 16.3. The molecule has 4 rings (SSSR count). The van der Waals surface area contributed by atoms with Crippen LogP contribution in [0.1, 0.15) is 37.5 Å². The first-order valence-electron chi connectivity index (χ1n) is 5.03. The summed E-state index contributed by atoms with van der Waals surface area (Å²) in [7, 11) is 0. The van der Waals surface area contributed by atoms with Gasteiger partial charge in [0.25, 0.3) is 0 Å². The normalized spacial score (nSPS) is 35.8. The predicted molar refractivity (Wildman–Crippen MR) is 52.4 cm³/mol. The van der Waals surface area contributed by atoms with Gasteiger partial charge in [0.1, 0.15) is 5.76 Å². The Morgan fingerprint density at radius 2 is 2.31 bits per heavy atom. The van der Waals surface area contributed by atoms with Crippen molar-refractivity contribution in [3.63, 3.8) is 0 Å². The molecule has 1 aromatic heterocycles. The number of furan rings is 1. The van der Waals surface area contributed by atoms with Gasteiger partial charge in [0.2, 0.25) is 0 Å². The maximum Gasteiger partial charge on any atom is 0.132 e. The van der Waals surface area contributed by atoms with Crippen molar-refractivity contribution in [3.8, 4) is 0 Å². The van der Waals surface area contributed by atoms with Crippen molar-refractivity contribution >= 4 is 5.57 Å². The second-order valence-corrected chi connectivity index (χ2v) is 4.42. The first kappa shape index (κ1) is 7.43. The van der Waals surface area contributed by atoms with Crippen molar-refractivity contribution in [2.24, 2.45) is 11.8 Å². The van der Waals surface area contributed by atoms with Crippen molar-refractivity contribution in [3.05, 3.63) is 29.7 Å². The molecule has 3 aliphatic rings. The van der Waals surface area contributed by atoms with Crippen LogP contribution in [0.3, 0.4) is 0 Å². The molecule has 0 aliphatic heterocycles. The van der Waals surface area contributed by atoms with E-state index in [-0.39, 0.29) is 0 Å². The minimum absolute atomic E-state index is 0.757. The third kappa shape index (κ3) is 0.822. The van der Waals surface area contributed by atoms with Crippen molar-refractivity contribution < 1.29 is 4.42 Å². The summed E-state index contributed by atoms with van der Waals surface area (Å²) in [5.41, 5.74) is 2.77. The average Bonchev–Trinajstić information content (AvgIpc) is 2.51. The van der Waals surface area contributed by atoms with Gasteiger partial charge in [-0.2, -0.15) is 0 Å². The van der Waals surface area contributed by atoms with E-state index in [0.29, 0.717) is 0 Å². The van der Waals surface area contributed by atoms with Gasteiger partial charge in [-0.15, -0.1) is 0 Å². The second-order valence-electron chi connectivity index (χ2n) is 4.42. The number of hydrogen-bond donors (Lipinski definition) is 0. The summed E-state index contributed by atoms with van der Waals surface area (Å²) in [4.78, 5) is 0. The fourth-order valence-electron chi connectivity index (χ4n) is 2.78. The zero-order valence-corrected chi connectivity index (χ0v) is 8.08. The first-order chi connectivity index (χ1) is 6.27. The largest absolute Gasteiger partial charge is 0.464 e. The summed E-state index contributed by atoms with van der Waals surface area (Å²) in [6.07, 6.45) is 5.54. The zero-order chi connectivity index (χ0) is 9.00. The molecule has 3 unspecified atom stereocenters. The Morgan fingerprint density at radius 1 is 1.46 bits per heavy atom. The van der Waals surface area contributed by atoms with Crippen LogP contribution in [-0.4, -0.2) is 0 Å². The summed E-state index contributed by atoms with van der Waals surface area (Å²) < 4.78 is 5.53. The van der Waals surface area contributed by atoms with Gasteiger partial charge in [0.15, 0.2) is 0 Å². The molecule has 68 valence electrons. The number of rotatable bonds is 0. The lowest BCUT2D eigenvalue weighted by atomic mass is 9.64. The summed E-state index contributed by atoms with van der Waals surface area (Å²) in [6.45, 7) is 4.51. The number of allylic oxidation sites excluding steroid dienone is 2. The smallest absolute Gasteiger partial charge is 0.132 e. The maximum atomic E-state index is 5.53. The molecule has 1 heteroatoms. The SMILES string of the molecule is CC1=CC2CC(c3ccoc31)C2C. The molecule has 0 saturated heterocycles. The molecule has 13 heavy (non-hydrogen) atoms.